The molecular weight excluding hydrogens is 955 g/mol. The number of benzene rings is 3. The van der Waals surface area contributed by atoms with E-state index in [1.165, 1.54) is 79.8 Å². The number of methoxy groups -OCH3 is 6. The molecule has 0 atom stereocenters. The average molecular weight is 1010 g/mol. The van der Waals surface area contributed by atoms with Crippen molar-refractivity contribution in [3.8, 4) is 70.0 Å². The van der Waals surface area contributed by atoms with Crippen molar-refractivity contribution in [2.24, 2.45) is 0 Å². The summed E-state index contributed by atoms with van der Waals surface area (Å²) in [4.78, 5) is 75.1. The Balaban J connectivity index is 1.36. The molecule has 6 aromatic rings. The van der Waals surface area contributed by atoms with Crippen LogP contribution in [0.2, 0.25) is 0 Å². The molecule has 13 heterocycles. The number of rotatable bonds is 15. The highest BCUT2D eigenvalue weighted by molar-refractivity contribution is 6.08. The van der Waals surface area contributed by atoms with E-state index in [1.54, 1.807) is 51.1 Å². The zero-order valence-corrected chi connectivity index (χ0v) is 43.5. The Hall–Kier alpha value is -9.21. The quantitative estimate of drug-likeness (QED) is 0.0899. The SMILES string of the molecule is CCCCN1C(=O)c2cc(OC)c(c(OC)c2)C#Cc2ncc(cn2)N(CCCC)C(=O)c2cc(OC)c(c(OC)c2)C#Cc2ncc(cn2)N(CCCC)C(=O)c2cc(OC)c(c(OC)c2)C#Cc2ncc1cn2. The van der Waals surface area contributed by atoms with Gasteiger partial charge in [0.15, 0.2) is 0 Å². The van der Waals surface area contributed by atoms with Crippen LogP contribution in [0.15, 0.2) is 73.6 Å². The van der Waals surface area contributed by atoms with Gasteiger partial charge in [-0.3, -0.25) is 14.4 Å². The van der Waals surface area contributed by atoms with Crippen LogP contribution in [-0.2, 0) is 0 Å². The molecule has 12 bridgehead atoms. The van der Waals surface area contributed by atoms with Gasteiger partial charge in [0.25, 0.3) is 17.7 Å². The molecule has 10 aliphatic rings. The monoisotopic (exact) mass is 1010 g/mol. The number of amides is 3. The zero-order chi connectivity index (χ0) is 53.4. The third-order valence-electron chi connectivity index (χ3n) is 11.9. The first-order valence-corrected chi connectivity index (χ1v) is 24.3. The molecule has 384 valence electrons. The maximum Gasteiger partial charge on any atom is 0.258 e. The fourth-order valence-corrected chi connectivity index (χ4v) is 7.87. The highest BCUT2D eigenvalue weighted by Gasteiger charge is 2.26. The van der Waals surface area contributed by atoms with E-state index in [-0.39, 0.29) is 86.4 Å². The molecule has 75 heavy (non-hydrogen) atoms. The van der Waals surface area contributed by atoms with Crippen LogP contribution in [0.25, 0.3) is 0 Å². The Morgan fingerprint density at radius 3 is 0.760 bits per heavy atom. The van der Waals surface area contributed by atoms with Crippen LogP contribution in [0.4, 0.5) is 17.1 Å². The summed E-state index contributed by atoms with van der Waals surface area (Å²) in [7, 11) is 8.85. The topological polar surface area (TPSA) is 194 Å². The number of hydrogen-bond donors (Lipinski definition) is 0. The van der Waals surface area contributed by atoms with Crippen LogP contribution in [0.3, 0.4) is 0 Å². The molecule has 3 amide bonds. The molecular formula is C57H57N9O9. The lowest BCUT2D eigenvalue weighted by Crippen LogP contribution is -2.32. The van der Waals surface area contributed by atoms with Crippen molar-refractivity contribution >= 4 is 34.8 Å². The summed E-state index contributed by atoms with van der Waals surface area (Å²) in [5.41, 5.74) is 3.23. The van der Waals surface area contributed by atoms with Crippen LogP contribution >= 0.6 is 0 Å². The largest absolute Gasteiger partial charge is 0.495 e. The zero-order valence-electron chi connectivity index (χ0n) is 43.5. The maximum atomic E-state index is 14.4. The number of nitrogens with zero attached hydrogens (tertiary/aromatic N) is 9. The van der Waals surface area contributed by atoms with E-state index >= 15 is 0 Å². The Morgan fingerprint density at radius 2 is 0.573 bits per heavy atom. The van der Waals surface area contributed by atoms with Crippen LogP contribution < -0.4 is 43.1 Å². The van der Waals surface area contributed by atoms with Crippen molar-refractivity contribution in [2.75, 3.05) is 77.0 Å². The van der Waals surface area contributed by atoms with E-state index in [1.807, 2.05) is 20.8 Å². The Labute approximate surface area is 436 Å². The summed E-state index contributed by atoms with van der Waals surface area (Å²) in [6.07, 6.45) is 13.7. The van der Waals surface area contributed by atoms with Gasteiger partial charge in [0.2, 0.25) is 17.5 Å². The first kappa shape index (κ1) is 53.6. The average Bonchev–Trinajstić information content (AvgIpc) is 3.45. The smallest absolute Gasteiger partial charge is 0.258 e. The van der Waals surface area contributed by atoms with Crippen molar-refractivity contribution in [3.05, 3.63) is 124 Å². The predicted octanol–water partition coefficient (Wildman–Crippen LogP) is 7.96. The molecule has 16 rings (SSSR count). The summed E-state index contributed by atoms with van der Waals surface area (Å²) < 4.78 is 34.6. The number of carbonyl (C=O) groups excluding carboxylic acids is 3. The number of aromatic nitrogens is 6. The molecule has 0 saturated carbocycles. The number of hydrogen-bond acceptors (Lipinski definition) is 15. The van der Waals surface area contributed by atoms with Gasteiger partial charge in [-0.15, -0.1) is 0 Å². The van der Waals surface area contributed by atoms with Crippen LogP contribution in [0.5, 0.6) is 34.5 Å². The van der Waals surface area contributed by atoms with Crippen molar-refractivity contribution in [1.82, 2.24) is 29.9 Å². The third-order valence-corrected chi connectivity index (χ3v) is 11.9. The Bertz CT molecular complexity index is 2820. The molecule has 18 heteroatoms. The Morgan fingerprint density at radius 1 is 0.360 bits per heavy atom. The van der Waals surface area contributed by atoms with E-state index in [9.17, 15) is 14.4 Å². The first-order chi connectivity index (χ1) is 36.5. The number of ether oxygens (including phenoxy) is 6. The van der Waals surface area contributed by atoms with Crippen molar-refractivity contribution in [1.29, 1.82) is 0 Å². The minimum absolute atomic E-state index is 0.163. The van der Waals surface area contributed by atoms with E-state index < -0.39 is 0 Å². The highest BCUT2D eigenvalue weighted by Crippen LogP contribution is 2.35. The molecule has 0 unspecified atom stereocenters. The van der Waals surface area contributed by atoms with E-state index in [0.29, 0.717) is 72.6 Å². The van der Waals surface area contributed by atoms with Crippen molar-refractivity contribution in [3.63, 3.8) is 0 Å². The summed E-state index contributed by atoms with van der Waals surface area (Å²) >= 11 is 0. The molecule has 0 N–H and O–H groups in total. The molecule has 3 aromatic heterocycles. The van der Waals surface area contributed by atoms with Crippen LogP contribution in [-0.4, -0.2) is 110 Å². The van der Waals surface area contributed by atoms with Gasteiger partial charge in [-0.05, 0) is 73.4 Å². The molecule has 18 nitrogen and oxygen atoms in total. The normalized spacial score (nSPS) is 12.3. The number of unbranched alkanes of at least 4 members (excludes halogenated alkanes) is 3. The van der Waals surface area contributed by atoms with Crippen LogP contribution in [0.1, 0.15) is 125 Å². The fraction of sp³-hybridized carbons (Fsp3) is 0.316. The van der Waals surface area contributed by atoms with Gasteiger partial charge < -0.3 is 43.1 Å². The molecule has 0 saturated heterocycles. The second-order valence-corrected chi connectivity index (χ2v) is 16.7. The van der Waals surface area contributed by atoms with Crippen molar-refractivity contribution in [2.45, 2.75) is 59.3 Å². The second kappa shape index (κ2) is 25.4. The minimum Gasteiger partial charge on any atom is -0.495 e. The molecule has 0 radical (unpaired) electrons. The lowest BCUT2D eigenvalue weighted by Gasteiger charge is -2.23. The molecule has 0 spiro atoms. The van der Waals surface area contributed by atoms with Crippen LogP contribution in [0, 0.1) is 35.5 Å². The molecule has 0 aliphatic carbocycles. The summed E-state index contributed by atoms with van der Waals surface area (Å²) in [5, 5.41) is 0. The molecule has 10 aliphatic heterocycles. The lowest BCUT2D eigenvalue weighted by atomic mass is 10.1. The molecule has 0 fully saturated rings. The standard InChI is InChI=1S/C57H57N9O9/c1-10-13-22-64-40-31-58-52(59-32-40)19-16-44-48(72-6)27-38(28-49(44)73-7)56(68)66(24-15-12-3)42-35-62-54(63-36-42)21-18-45-50(74-8)29-39(30-51(45)75-9)57(69)65(23-14-11-2)41-33-60-53(61-34-41)20-17-43-46(70-4)25-37(55(64)67)26-47(43)71-5/h25-36H,10-15,22-24H2,1-9H3. The van der Waals surface area contributed by atoms with Gasteiger partial charge >= 0.3 is 0 Å². The maximum absolute atomic E-state index is 14.4. The Kier molecular flexibility index (Phi) is 18.2. The second-order valence-electron chi connectivity index (χ2n) is 16.7. The summed E-state index contributed by atoms with van der Waals surface area (Å²) in [5.74, 6) is 19.3. The third kappa shape index (κ3) is 12.4. The van der Waals surface area contributed by atoms with Crippen molar-refractivity contribution < 1.29 is 42.8 Å². The van der Waals surface area contributed by atoms with E-state index in [2.05, 4.69) is 65.4 Å². The van der Waals surface area contributed by atoms with Gasteiger partial charge in [0.05, 0.1) is 96.9 Å². The minimum atomic E-state index is -0.352. The van der Waals surface area contributed by atoms with E-state index in [0.717, 1.165) is 19.3 Å². The lowest BCUT2D eigenvalue weighted by molar-refractivity contribution is 0.0978. The first-order valence-electron chi connectivity index (χ1n) is 24.3. The van der Waals surface area contributed by atoms with Gasteiger partial charge in [-0.25, -0.2) is 29.9 Å². The summed E-state index contributed by atoms with van der Waals surface area (Å²) in [6, 6.07) is 9.59. The molecule has 3 aromatic carbocycles. The number of carbonyl (C=O) groups is 3. The fourth-order valence-electron chi connectivity index (χ4n) is 7.87. The van der Waals surface area contributed by atoms with Gasteiger partial charge in [0.1, 0.15) is 51.2 Å². The highest BCUT2D eigenvalue weighted by atomic mass is 16.5. The summed E-state index contributed by atoms with van der Waals surface area (Å²) in [6.45, 7) is 7.18. The van der Waals surface area contributed by atoms with Gasteiger partial charge in [-0.2, -0.15) is 0 Å². The predicted molar refractivity (Wildman–Crippen MR) is 282 cm³/mol. The number of anilines is 3. The van der Waals surface area contributed by atoms with Gasteiger partial charge in [-0.1, -0.05) is 57.8 Å². The van der Waals surface area contributed by atoms with Gasteiger partial charge in [0, 0.05) is 36.3 Å². The van der Waals surface area contributed by atoms with E-state index in [4.69, 9.17) is 28.4 Å².